The third-order valence-electron chi connectivity index (χ3n) is 4.62. The van der Waals surface area contributed by atoms with Crippen LogP contribution in [-0.2, 0) is 19.3 Å². The molecule has 2 aromatic carbocycles. The molecular weight excluding hydrogens is 264 g/mol. The van der Waals surface area contributed by atoms with Gasteiger partial charge in [-0.25, -0.2) is 4.79 Å². The van der Waals surface area contributed by atoms with Crippen LogP contribution in [0.4, 0.5) is 0 Å². The second kappa shape index (κ2) is 4.62. The zero-order valence-electron chi connectivity index (χ0n) is 11.6. The normalized spacial score (nSPS) is 19.9. The molecule has 0 fully saturated rings. The Hall–Kier alpha value is -2.29. The number of rotatable bonds is 2. The highest BCUT2D eigenvalue weighted by atomic mass is 16.5. The first-order chi connectivity index (χ1) is 10.2. The Bertz CT molecular complexity index is 695. The summed E-state index contributed by atoms with van der Waals surface area (Å²) in [6.07, 6.45) is 3.09. The molecule has 3 heteroatoms. The molecule has 0 saturated carbocycles. The molecule has 0 saturated heterocycles. The lowest BCUT2D eigenvalue weighted by Gasteiger charge is -2.17. The molecule has 4 rings (SSSR count). The minimum Gasteiger partial charge on any atom is -0.489 e. The molecule has 106 valence electrons. The summed E-state index contributed by atoms with van der Waals surface area (Å²) in [7, 11) is 0. The zero-order valence-corrected chi connectivity index (χ0v) is 11.6. The van der Waals surface area contributed by atoms with Crippen molar-refractivity contribution in [2.45, 2.75) is 25.4 Å². The van der Waals surface area contributed by atoms with Gasteiger partial charge in [-0.1, -0.05) is 24.3 Å². The van der Waals surface area contributed by atoms with Crippen LogP contribution in [-0.4, -0.2) is 17.2 Å². The minimum atomic E-state index is -0.880. The van der Waals surface area contributed by atoms with Crippen molar-refractivity contribution in [3.05, 3.63) is 64.7 Å². The molecule has 21 heavy (non-hydrogen) atoms. The molecule has 3 nitrogen and oxygen atoms in total. The summed E-state index contributed by atoms with van der Waals surface area (Å²) in [5.41, 5.74) is 4.21. The first-order valence-electron chi connectivity index (χ1n) is 7.30. The van der Waals surface area contributed by atoms with Gasteiger partial charge in [0.25, 0.3) is 0 Å². The molecule has 1 heterocycles. The molecule has 1 atom stereocenters. The van der Waals surface area contributed by atoms with Crippen molar-refractivity contribution in [2.24, 2.45) is 5.92 Å². The van der Waals surface area contributed by atoms with Gasteiger partial charge < -0.3 is 9.84 Å². The van der Waals surface area contributed by atoms with Crippen LogP contribution in [0.1, 0.15) is 27.0 Å². The standard InChI is InChI=1S/C18H16O3/c19-18(20)13-5-6-16-15(9-13)10-17(21-16)14-7-11-3-1-2-4-12(11)8-14/h1-6,9,14,17H,7-8,10H2,(H,19,20). The Kier molecular flexibility index (Phi) is 2.74. The van der Waals surface area contributed by atoms with Gasteiger partial charge in [0.1, 0.15) is 11.9 Å². The second-order valence-electron chi connectivity index (χ2n) is 5.93. The largest absolute Gasteiger partial charge is 0.489 e. The van der Waals surface area contributed by atoms with E-state index < -0.39 is 5.97 Å². The summed E-state index contributed by atoms with van der Waals surface area (Å²) < 4.78 is 6.06. The van der Waals surface area contributed by atoms with Crippen LogP contribution in [0.25, 0.3) is 0 Å². The van der Waals surface area contributed by atoms with E-state index >= 15 is 0 Å². The van der Waals surface area contributed by atoms with E-state index in [1.54, 1.807) is 18.2 Å². The van der Waals surface area contributed by atoms with E-state index in [4.69, 9.17) is 9.84 Å². The monoisotopic (exact) mass is 280 g/mol. The Labute approximate surface area is 123 Å². The summed E-state index contributed by atoms with van der Waals surface area (Å²) in [4.78, 5) is 11.0. The van der Waals surface area contributed by atoms with E-state index in [1.165, 1.54) is 11.1 Å². The van der Waals surface area contributed by atoms with Gasteiger partial charge in [-0.05, 0) is 47.7 Å². The van der Waals surface area contributed by atoms with Crippen molar-refractivity contribution in [1.82, 2.24) is 0 Å². The smallest absolute Gasteiger partial charge is 0.335 e. The summed E-state index contributed by atoms with van der Waals surface area (Å²) in [6, 6.07) is 13.7. The number of fused-ring (bicyclic) bond motifs is 2. The summed E-state index contributed by atoms with van der Waals surface area (Å²) >= 11 is 0. The number of benzene rings is 2. The summed E-state index contributed by atoms with van der Waals surface area (Å²) in [5.74, 6) is 0.457. The first-order valence-corrected chi connectivity index (χ1v) is 7.30. The Balaban J connectivity index is 1.54. The van der Waals surface area contributed by atoms with E-state index in [0.29, 0.717) is 11.5 Å². The molecular formula is C18H16O3. The fourth-order valence-corrected chi connectivity index (χ4v) is 3.53. The van der Waals surface area contributed by atoms with Crippen molar-refractivity contribution in [2.75, 3.05) is 0 Å². The number of aromatic carboxylic acids is 1. The van der Waals surface area contributed by atoms with Crippen molar-refractivity contribution in [3.8, 4) is 5.75 Å². The Morgan fingerprint density at radius 1 is 1.00 bits per heavy atom. The Morgan fingerprint density at radius 3 is 2.38 bits per heavy atom. The molecule has 1 N–H and O–H groups in total. The highest BCUT2D eigenvalue weighted by Gasteiger charge is 2.34. The topological polar surface area (TPSA) is 46.5 Å². The van der Waals surface area contributed by atoms with Crippen molar-refractivity contribution >= 4 is 5.97 Å². The number of hydrogen-bond acceptors (Lipinski definition) is 2. The van der Waals surface area contributed by atoms with Gasteiger partial charge in [0.15, 0.2) is 0 Å². The van der Waals surface area contributed by atoms with Crippen LogP contribution in [0, 0.1) is 5.92 Å². The van der Waals surface area contributed by atoms with E-state index in [1.807, 2.05) is 0 Å². The van der Waals surface area contributed by atoms with Gasteiger partial charge in [-0.2, -0.15) is 0 Å². The lowest BCUT2D eigenvalue weighted by molar-refractivity contribution is 0.0697. The maximum absolute atomic E-state index is 11.0. The van der Waals surface area contributed by atoms with E-state index in [-0.39, 0.29) is 6.10 Å². The van der Waals surface area contributed by atoms with Gasteiger partial charge in [0, 0.05) is 12.3 Å². The number of ether oxygens (including phenoxy) is 1. The average Bonchev–Trinajstić information content (AvgIpc) is 3.09. The van der Waals surface area contributed by atoms with Crippen LogP contribution < -0.4 is 4.74 Å². The highest BCUT2D eigenvalue weighted by Crippen LogP contribution is 2.37. The summed E-state index contributed by atoms with van der Waals surface area (Å²) in [6.45, 7) is 0. The van der Waals surface area contributed by atoms with Crippen LogP contribution in [0.5, 0.6) is 5.75 Å². The molecule has 0 spiro atoms. The molecule has 0 amide bonds. The van der Waals surface area contributed by atoms with Crippen LogP contribution in [0.2, 0.25) is 0 Å². The fourth-order valence-electron chi connectivity index (χ4n) is 3.53. The SMILES string of the molecule is O=C(O)c1ccc2c(c1)CC(C1Cc3ccccc3C1)O2. The molecule has 1 aliphatic heterocycles. The number of carbonyl (C=O) groups is 1. The fraction of sp³-hybridized carbons (Fsp3) is 0.278. The molecule has 0 aromatic heterocycles. The zero-order chi connectivity index (χ0) is 14.4. The lowest BCUT2D eigenvalue weighted by Crippen LogP contribution is -2.25. The third kappa shape index (κ3) is 2.09. The summed E-state index contributed by atoms with van der Waals surface area (Å²) in [5, 5.41) is 9.07. The van der Waals surface area contributed by atoms with Crippen molar-refractivity contribution < 1.29 is 14.6 Å². The first kappa shape index (κ1) is 12.5. The van der Waals surface area contributed by atoms with Gasteiger partial charge >= 0.3 is 5.97 Å². The third-order valence-corrected chi connectivity index (χ3v) is 4.62. The number of carboxylic acid groups (broad SMARTS) is 1. The predicted molar refractivity (Wildman–Crippen MR) is 78.9 cm³/mol. The van der Waals surface area contributed by atoms with Gasteiger partial charge in [-0.3, -0.25) is 0 Å². The van der Waals surface area contributed by atoms with Crippen LogP contribution >= 0.6 is 0 Å². The highest BCUT2D eigenvalue weighted by molar-refractivity contribution is 5.88. The maximum atomic E-state index is 11.0. The molecule has 1 aliphatic carbocycles. The Morgan fingerprint density at radius 2 is 1.71 bits per heavy atom. The number of carboxylic acids is 1. The lowest BCUT2D eigenvalue weighted by atomic mass is 9.95. The molecule has 0 bridgehead atoms. The van der Waals surface area contributed by atoms with E-state index in [2.05, 4.69) is 24.3 Å². The molecule has 0 radical (unpaired) electrons. The minimum absolute atomic E-state index is 0.163. The second-order valence-corrected chi connectivity index (χ2v) is 5.93. The number of hydrogen-bond donors (Lipinski definition) is 1. The molecule has 2 aromatic rings. The average molecular weight is 280 g/mol. The van der Waals surface area contributed by atoms with Crippen molar-refractivity contribution in [1.29, 1.82) is 0 Å². The van der Waals surface area contributed by atoms with Crippen LogP contribution in [0.3, 0.4) is 0 Å². The van der Waals surface area contributed by atoms with Crippen LogP contribution in [0.15, 0.2) is 42.5 Å². The van der Waals surface area contributed by atoms with E-state index in [0.717, 1.165) is 30.6 Å². The van der Waals surface area contributed by atoms with Crippen molar-refractivity contribution in [3.63, 3.8) is 0 Å². The van der Waals surface area contributed by atoms with Gasteiger partial charge in [0.05, 0.1) is 5.56 Å². The van der Waals surface area contributed by atoms with Gasteiger partial charge in [0.2, 0.25) is 0 Å². The van der Waals surface area contributed by atoms with E-state index in [9.17, 15) is 4.79 Å². The maximum Gasteiger partial charge on any atom is 0.335 e. The molecule has 1 unspecified atom stereocenters. The molecule has 2 aliphatic rings. The van der Waals surface area contributed by atoms with Gasteiger partial charge in [-0.15, -0.1) is 0 Å². The predicted octanol–water partition coefficient (Wildman–Crippen LogP) is 3.10. The quantitative estimate of drug-likeness (QED) is 0.919.